The lowest BCUT2D eigenvalue weighted by molar-refractivity contribution is -0.148. The molecule has 3 rings (SSSR count). The summed E-state index contributed by atoms with van der Waals surface area (Å²) in [6.07, 6.45) is 1.21. The van der Waals surface area contributed by atoms with Crippen molar-refractivity contribution in [3.05, 3.63) is 30.2 Å². The number of amides is 1. The van der Waals surface area contributed by atoms with E-state index in [1.54, 1.807) is 7.11 Å². The fourth-order valence-electron chi connectivity index (χ4n) is 3.23. The van der Waals surface area contributed by atoms with Crippen LogP contribution in [-0.2, 0) is 20.7 Å². The van der Waals surface area contributed by atoms with Crippen LogP contribution in [-0.4, -0.2) is 64.9 Å². The maximum Gasteiger partial charge on any atom is 0.326 e. The van der Waals surface area contributed by atoms with Crippen molar-refractivity contribution in [1.82, 2.24) is 15.0 Å². The summed E-state index contributed by atoms with van der Waals surface area (Å²) in [6, 6.07) is 6.46. The van der Waals surface area contributed by atoms with Gasteiger partial charge in [0.1, 0.15) is 11.8 Å². The molecule has 0 aliphatic carbocycles. The summed E-state index contributed by atoms with van der Waals surface area (Å²) in [5.41, 5.74) is 0.804. The topological polar surface area (TPSA) is 115 Å². The smallest absolute Gasteiger partial charge is 0.326 e. The Hall–Kier alpha value is -2.94. The third-order valence-electron chi connectivity index (χ3n) is 4.80. The second-order valence-electron chi connectivity index (χ2n) is 6.59. The van der Waals surface area contributed by atoms with Crippen LogP contribution in [0.1, 0.15) is 25.2 Å². The minimum atomic E-state index is -1.01. The Morgan fingerprint density at radius 2 is 2.04 bits per heavy atom. The minimum Gasteiger partial charge on any atom is -0.497 e. The number of methoxy groups -OCH3 is 2. The number of rotatable bonds is 8. The number of hydrogen-bond acceptors (Lipinski definition) is 7. The molecule has 2 aromatic rings. The Morgan fingerprint density at radius 3 is 2.68 bits per heavy atom. The van der Waals surface area contributed by atoms with Crippen molar-refractivity contribution in [3.8, 4) is 17.1 Å². The first-order chi connectivity index (χ1) is 13.5. The van der Waals surface area contributed by atoms with E-state index < -0.39 is 12.0 Å². The molecule has 1 aliphatic heterocycles. The highest BCUT2D eigenvalue weighted by molar-refractivity contribution is 5.84. The summed E-state index contributed by atoms with van der Waals surface area (Å²) < 4.78 is 15.6. The lowest BCUT2D eigenvalue weighted by Crippen LogP contribution is -2.40. The molecule has 0 spiro atoms. The summed E-state index contributed by atoms with van der Waals surface area (Å²) in [6.45, 7) is 0.300. The Kier molecular flexibility index (Phi) is 6.25. The molecule has 1 fully saturated rings. The number of aliphatic carboxylic acids is 1. The average Bonchev–Trinajstić information content (AvgIpc) is 3.35. The van der Waals surface area contributed by atoms with E-state index in [1.165, 1.54) is 12.0 Å². The molecular formula is C19H23N3O6. The van der Waals surface area contributed by atoms with Gasteiger partial charge in [-0.25, -0.2) is 4.79 Å². The molecule has 1 aromatic carbocycles. The quantitative estimate of drug-likeness (QED) is 0.726. The van der Waals surface area contributed by atoms with E-state index in [2.05, 4.69) is 10.1 Å². The minimum absolute atomic E-state index is 0.207. The maximum atomic E-state index is 12.4. The van der Waals surface area contributed by atoms with Crippen LogP contribution in [0.4, 0.5) is 0 Å². The van der Waals surface area contributed by atoms with Gasteiger partial charge < -0.3 is 24.0 Å². The zero-order chi connectivity index (χ0) is 20.1. The average molecular weight is 389 g/mol. The summed E-state index contributed by atoms with van der Waals surface area (Å²) in [4.78, 5) is 29.5. The van der Waals surface area contributed by atoms with E-state index >= 15 is 0 Å². The summed E-state index contributed by atoms with van der Waals surface area (Å²) in [5.74, 6) is 0.432. The highest BCUT2D eigenvalue weighted by Gasteiger charge is 2.39. The van der Waals surface area contributed by atoms with E-state index in [4.69, 9.17) is 14.0 Å². The molecular weight excluding hydrogens is 366 g/mol. The molecule has 1 saturated heterocycles. The Balaban J connectivity index is 1.53. The van der Waals surface area contributed by atoms with Crippen molar-refractivity contribution in [1.29, 1.82) is 0 Å². The monoisotopic (exact) mass is 389 g/mol. The zero-order valence-electron chi connectivity index (χ0n) is 15.8. The molecule has 2 heterocycles. The molecule has 1 aromatic heterocycles. The third-order valence-corrected chi connectivity index (χ3v) is 4.80. The number of hydrogen-bond donors (Lipinski definition) is 1. The van der Waals surface area contributed by atoms with Crippen LogP contribution in [0, 0.1) is 0 Å². The lowest BCUT2D eigenvalue weighted by atomic mass is 10.2. The van der Waals surface area contributed by atoms with Gasteiger partial charge in [0.05, 0.1) is 13.2 Å². The first-order valence-electron chi connectivity index (χ1n) is 9.04. The Morgan fingerprint density at radius 1 is 1.29 bits per heavy atom. The number of nitrogens with zero attached hydrogens (tertiary/aromatic N) is 3. The predicted octanol–water partition coefficient (Wildman–Crippen LogP) is 1.77. The van der Waals surface area contributed by atoms with Crippen molar-refractivity contribution < 1.29 is 28.7 Å². The van der Waals surface area contributed by atoms with Gasteiger partial charge in [-0.05, 0) is 30.7 Å². The first-order valence-corrected chi connectivity index (χ1v) is 9.04. The van der Waals surface area contributed by atoms with Gasteiger partial charge in [0.15, 0.2) is 0 Å². The number of aromatic nitrogens is 2. The Labute approximate surface area is 162 Å². The molecule has 2 atom stereocenters. The van der Waals surface area contributed by atoms with Crippen LogP contribution in [0.3, 0.4) is 0 Å². The normalized spacial score (nSPS) is 19.0. The summed E-state index contributed by atoms with van der Waals surface area (Å²) in [5, 5.41) is 13.3. The van der Waals surface area contributed by atoms with E-state index in [1.807, 2.05) is 24.3 Å². The number of carboxylic acids is 1. The number of carboxylic acid groups (broad SMARTS) is 1. The van der Waals surface area contributed by atoms with Crippen LogP contribution >= 0.6 is 0 Å². The number of aryl methyl sites for hydroxylation is 1. The molecule has 1 aliphatic rings. The number of likely N-dealkylation sites (tertiary alicyclic amines) is 1. The molecule has 0 radical (unpaired) electrons. The van der Waals surface area contributed by atoms with Gasteiger partial charge in [-0.1, -0.05) is 5.16 Å². The van der Waals surface area contributed by atoms with E-state index in [0.717, 1.165) is 11.3 Å². The summed E-state index contributed by atoms with van der Waals surface area (Å²) in [7, 11) is 3.12. The van der Waals surface area contributed by atoms with Crippen molar-refractivity contribution in [2.45, 2.75) is 37.8 Å². The molecule has 0 saturated carbocycles. The number of ether oxygens (including phenoxy) is 2. The third kappa shape index (κ3) is 4.48. The van der Waals surface area contributed by atoms with E-state index in [-0.39, 0.29) is 18.4 Å². The van der Waals surface area contributed by atoms with Gasteiger partial charge in [-0.2, -0.15) is 4.98 Å². The Bertz CT molecular complexity index is 819. The molecule has 0 bridgehead atoms. The predicted molar refractivity (Wildman–Crippen MR) is 97.8 cm³/mol. The largest absolute Gasteiger partial charge is 0.497 e. The maximum absolute atomic E-state index is 12.4. The zero-order valence-corrected chi connectivity index (χ0v) is 15.8. The highest BCUT2D eigenvalue weighted by atomic mass is 16.5. The molecule has 28 heavy (non-hydrogen) atoms. The van der Waals surface area contributed by atoms with Crippen molar-refractivity contribution in [2.75, 3.05) is 20.8 Å². The van der Waals surface area contributed by atoms with Gasteiger partial charge in [0.2, 0.25) is 17.6 Å². The summed E-state index contributed by atoms with van der Waals surface area (Å²) >= 11 is 0. The van der Waals surface area contributed by atoms with E-state index in [0.29, 0.717) is 37.5 Å². The van der Waals surface area contributed by atoms with Crippen LogP contribution in [0.15, 0.2) is 28.8 Å². The van der Waals surface area contributed by atoms with Gasteiger partial charge in [0.25, 0.3) is 0 Å². The number of carbonyl (C=O) groups excluding carboxylic acids is 1. The van der Waals surface area contributed by atoms with Gasteiger partial charge in [-0.3, -0.25) is 4.79 Å². The van der Waals surface area contributed by atoms with Crippen LogP contribution in [0.25, 0.3) is 11.4 Å². The molecule has 150 valence electrons. The van der Waals surface area contributed by atoms with Gasteiger partial charge >= 0.3 is 5.97 Å². The van der Waals surface area contributed by atoms with Gasteiger partial charge in [-0.15, -0.1) is 0 Å². The SMILES string of the molecule is COc1ccc(-c2noc(CCCC(=O)N3CC(OC)CC3C(=O)O)n2)cc1. The fraction of sp³-hybridized carbons (Fsp3) is 0.474. The van der Waals surface area contributed by atoms with Crippen LogP contribution < -0.4 is 4.74 Å². The highest BCUT2D eigenvalue weighted by Crippen LogP contribution is 2.23. The lowest BCUT2D eigenvalue weighted by Gasteiger charge is -2.21. The van der Waals surface area contributed by atoms with Crippen molar-refractivity contribution >= 4 is 11.9 Å². The molecule has 1 N–H and O–H groups in total. The van der Waals surface area contributed by atoms with Gasteiger partial charge in [0, 0.05) is 38.5 Å². The first kappa shape index (κ1) is 19.8. The van der Waals surface area contributed by atoms with Crippen LogP contribution in [0.2, 0.25) is 0 Å². The van der Waals surface area contributed by atoms with Crippen molar-refractivity contribution in [2.24, 2.45) is 0 Å². The molecule has 9 nitrogen and oxygen atoms in total. The second-order valence-corrected chi connectivity index (χ2v) is 6.59. The van der Waals surface area contributed by atoms with E-state index in [9.17, 15) is 14.7 Å². The molecule has 1 amide bonds. The molecule has 2 unspecified atom stereocenters. The standard InChI is InChI=1S/C19H23N3O6/c1-26-13-8-6-12(7-9-13)18-20-16(28-21-18)4-3-5-17(23)22-11-14(27-2)10-15(22)19(24)25/h6-9,14-15H,3-5,10-11H2,1-2H3,(H,24,25). The number of carbonyl (C=O) groups is 2. The van der Waals surface area contributed by atoms with Crippen LogP contribution in [0.5, 0.6) is 5.75 Å². The molecule has 9 heteroatoms. The second kappa shape index (κ2) is 8.83. The number of benzene rings is 1. The van der Waals surface area contributed by atoms with Crippen molar-refractivity contribution in [3.63, 3.8) is 0 Å². The fourth-order valence-corrected chi connectivity index (χ4v) is 3.23.